The molecule has 2 rings (SSSR count). The van der Waals surface area contributed by atoms with Crippen molar-refractivity contribution in [1.82, 2.24) is 9.78 Å². The molecule has 0 amide bonds. The van der Waals surface area contributed by atoms with Crippen LogP contribution in [-0.4, -0.2) is 28.3 Å². The highest BCUT2D eigenvalue weighted by Crippen LogP contribution is 2.17. The van der Waals surface area contributed by atoms with Gasteiger partial charge in [0.2, 0.25) is 0 Å². The minimum absolute atomic E-state index is 0.122. The van der Waals surface area contributed by atoms with Crippen molar-refractivity contribution in [3.05, 3.63) is 18.0 Å². The standard InChI is InChI=1S/C10H14N2O2/c1-12-9(4-5-11-12)10(13)7-8-3-2-6-14-8/h4-5,8H,2-3,6-7H2,1H3. The zero-order valence-corrected chi connectivity index (χ0v) is 8.27. The molecule has 4 nitrogen and oxygen atoms in total. The molecule has 0 bridgehead atoms. The van der Waals surface area contributed by atoms with Crippen LogP contribution in [0.4, 0.5) is 0 Å². The Balaban J connectivity index is 1.98. The lowest BCUT2D eigenvalue weighted by Gasteiger charge is -2.07. The molecule has 14 heavy (non-hydrogen) atoms. The van der Waals surface area contributed by atoms with E-state index in [4.69, 9.17) is 4.74 Å². The summed E-state index contributed by atoms with van der Waals surface area (Å²) < 4.78 is 7.02. The molecule has 1 unspecified atom stereocenters. The average molecular weight is 194 g/mol. The number of carbonyl (C=O) groups excluding carboxylic acids is 1. The maximum Gasteiger partial charge on any atom is 0.183 e. The molecule has 76 valence electrons. The molecular formula is C10H14N2O2. The van der Waals surface area contributed by atoms with Gasteiger partial charge in [-0.15, -0.1) is 0 Å². The summed E-state index contributed by atoms with van der Waals surface area (Å²) in [7, 11) is 1.78. The lowest BCUT2D eigenvalue weighted by atomic mass is 10.1. The van der Waals surface area contributed by atoms with E-state index in [2.05, 4.69) is 5.10 Å². The molecule has 1 saturated heterocycles. The number of carbonyl (C=O) groups is 1. The minimum atomic E-state index is 0.122. The van der Waals surface area contributed by atoms with Gasteiger partial charge in [-0.25, -0.2) is 0 Å². The lowest BCUT2D eigenvalue weighted by Crippen LogP contribution is -2.15. The summed E-state index contributed by atoms with van der Waals surface area (Å²) >= 11 is 0. The average Bonchev–Trinajstić information content (AvgIpc) is 2.75. The van der Waals surface area contributed by atoms with Crippen LogP contribution in [0.25, 0.3) is 0 Å². The van der Waals surface area contributed by atoms with Crippen molar-refractivity contribution in [2.75, 3.05) is 6.61 Å². The van der Waals surface area contributed by atoms with E-state index in [9.17, 15) is 4.79 Å². The molecule has 1 aliphatic heterocycles. The van der Waals surface area contributed by atoms with E-state index in [1.165, 1.54) is 0 Å². The Hall–Kier alpha value is -1.16. The van der Waals surface area contributed by atoms with E-state index in [0.717, 1.165) is 19.4 Å². The molecule has 4 heteroatoms. The van der Waals surface area contributed by atoms with Crippen LogP contribution < -0.4 is 0 Å². The van der Waals surface area contributed by atoms with Crippen molar-refractivity contribution in [2.24, 2.45) is 7.05 Å². The largest absolute Gasteiger partial charge is 0.378 e. The molecular weight excluding hydrogens is 180 g/mol. The van der Waals surface area contributed by atoms with Crippen LogP contribution in [0.1, 0.15) is 29.8 Å². The van der Waals surface area contributed by atoms with Gasteiger partial charge in [0, 0.05) is 26.3 Å². The summed E-state index contributed by atoms with van der Waals surface area (Å²) in [6, 6.07) is 1.75. The first-order valence-electron chi connectivity index (χ1n) is 4.90. The fraction of sp³-hybridized carbons (Fsp3) is 0.600. The van der Waals surface area contributed by atoms with Crippen molar-refractivity contribution >= 4 is 5.78 Å². The molecule has 1 atom stereocenters. The van der Waals surface area contributed by atoms with Gasteiger partial charge in [-0.05, 0) is 18.9 Å². The smallest absolute Gasteiger partial charge is 0.183 e. The monoisotopic (exact) mass is 194 g/mol. The van der Waals surface area contributed by atoms with Crippen LogP contribution in [0.5, 0.6) is 0 Å². The van der Waals surface area contributed by atoms with Gasteiger partial charge in [-0.1, -0.05) is 0 Å². The van der Waals surface area contributed by atoms with Crippen LogP contribution in [0, 0.1) is 0 Å². The van der Waals surface area contributed by atoms with Gasteiger partial charge in [0.05, 0.1) is 6.10 Å². The van der Waals surface area contributed by atoms with Crippen molar-refractivity contribution in [2.45, 2.75) is 25.4 Å². The first-order chi connectivity index (χ1) is 6.77. The zero-order valence-electron chi connectivity index (χ0n) is 8.27. The molecule has 1 aromatic rings. The van der Waals surface area contributed by atoms with E-state index >= 15 is 0 Å². The van der Waals surface area contributed by atoms with Gasteiger partial charge in [-0.2, -0.15) is 5.10 Å². The van der Waals surface area contributed by atoms with Gasteiger partial charge >= 0.3 is 0 Å². The summed E-state index contributed by atoms with van der Waals surface area (Å²) in [5, 5.41) is 3.97. The van der Waals surface area contributed by atoms with Crippen LogP contribution in [0.3, 0.4) is 0 Å². The zero-order chi connectivity index (χ0) is 9.97. The highest BCUT2D eigenvalue weighted by atomic mass is 16.5. The molecule has 0 saturated carbocycles. The molecule has 0 radical (unpaired) electrons. The Labute approximate surface area is 82.9 Å². The van der Waals surface area contributed by atoms with Crippen molar-refractivity contribution in [3.8, 4) is 0 Å². The molecule has 1 aliphatic rings. The third-order valence-electron chi connectivity index (χ3n) is 2.54. The Kier molecular flexibility index (Phi) is 2.63. The third-order valence-corrected chi connectivity index (χ3v) is 2.54. The summed E-state index contributed by atoms with van der Waals surface area (Å²) in [6.07, 6.45) is 4.33. The highest BCUT2D eigenvalue weighted by molar-refractivity contribution is 5.94. The third kappa shape index (κ3) is 1.85. The number of aryl methyl sites for hydroxylation is 1. The summed E-state index contributed by atoms with van der Waals surface area (Å²) in [4.78, 5) is 11.7. The highest BCUT2D eigenvalue weighted by Gasteiger charge is 2.21. The Bertz CT molecular complexity index is 327. The quantitative estimate of drug-likeness (QED) is 0.678. The number of aromatic nitrogens is 2. The first kappa shape index (κ1) is 9.40. The number of hydrogen-bond acceptors (Lipinski definition) is 3. The SMILES string of the molecule is Cn1nccc1C(=O)CC1CCCO1. The van der Waals surface area contributed by atoms with Crippen molar-refractivity contribution in [3.63, 3.8) is 0 Å². The van der Waals surface area contributed by atoms with Gasteiger partial charge in [0.25, 0.3) is 0 Å². The second-order valence-corrected chi connectivity index (χ2v) is 3.60. The lowest BCUT2D eigenvalue weighted by molar-refractivity contribution is 0.0768. The number of nitrogens with zero attached hydrogens (tertiary/aromatic N) is 2. The number of ketones is 1. The predicted molar refractivity (Wildman–Crippen MR) is 51.1 cm³/mol. The van der Waals surface area contributed by atoms with Gasteiger partial charge in [0.1, 0.15) is 5.69 Å². The van der Waals surface area contributed by atoms with Crippen LogP contribution >= 0.6 is 0 Å². The van der Waals surface area contributed by atoms with E-state index in [1.54, 1.807) is 24.0 Å². The van der Waals surface area contributed by atoms with E-state index < -0.39 is 0 Å². The van der Waals surface area contributed by atoms with E-state index in [-0.39, 0.29) is 11.9 Å². The molecule has 0 aliphatic carbocycles. The summed E-state index contributed by atoms with van der Waals surface area (Å²) in [6.45, 7) is 0.795. The normalized spacial score (nSPS) is 21.4. The number of ether oxygens (including phenoxy) is 1. The maximum atomic E-state index is 11.7. The van der Waals surface area contributed by atoms with Crippen molar-refractivity contribution in [1.29, 1.82) is 0 Å². The number of hydrogen-bond donors (Lipinski definition) is 0. The van der Waals surface area contributed by atoms with Gasteiger partial charge in [-0.3, -0.25) is 9.48 Å². The minimum Gasteiger partial charge on any atom is -0.378 e. The van der Waals surface area contributed by atoms with Crippen LogP contribution in [-0.2, 0) is 11.8 Å². The second-order valence-electron chi connectivity index (χ2n) is 3.60. The fourth-order valence-corrected chi connectivity index (χ4v) is 1.76. The van der Waals surface area contributed by atoms with Crippen molar-refractivity contribution < 1.29 is 9.53 Å². The Morgan fingerprint density at radius 3 is 3.21 bits per heavy atom. The first-order valence-corrected chi connectivity index (χ1v) is 4.90. The molecule has 1 aromatic heterocycles. The molecule has 0 spiro atoms. The van der Waals surface area contributed by atoms with Gasteiger partial charge < -0.3 is 4.74 Å². The fourth-order valence-electron chi connectivity index (χ4n) is 1.76. The topological polar surface area (TPSA) is 44.1 Å². The maximum absolute atomic E-state index is 11.7. The number of rotatable bonds is 3. The summed E-state index contributed by atoms with van der Waals surface area (Å²) in [5.41, 5.74) is 0.667. The van der Waals surface area contributed by atoms with Crippen LogP contribution in [0.2, 0.25) is 0 Å². The molecule has 2 heterocycles. The molecule has 1 fully saturated rings. The van der Waals surface area contributed by atoms with E-state index in [1.807, 2.05) is 0 Å². The Morgan fingerprint density at radius 2 is 2.64 bits per heavy atom. The number of Topliss-reactive ketones (excluding diaryl/α,β-unsaturated/α-hetero) is 1. The predicted octanol–water partition coefficient (Wildman–Crippen LogP) is 1.17. The molecule has 0 aromatic carbocycles. The van der Waals surface area contributed by atoms with E-state index in [0.29, 0.717) is 12.1 Å². The molecule has 0 N–H and O–H groups in total. The summed E-state index contributed by atoms with van der Waals surface area (Å²) in [5.74, 6) is 0.122. The Morgan fingerprint density at radius 1 is 1.79 bits per heavy atom. The van der Waals surface area contributed by atoms with Crippen LogP contribution in [0.15, 0.2) is 12.3 Å². The second kappa shape index (κ2) is 3.92. The van der Waals surface area contributed by atoms with Gasteiger partial charge in [0.15, 0.2) is 5.78 Å².